The second-order valence-corrected chi connectivity index (χ2v) is 2.80. The highest BCUT2D eigenvalue weighted by Crippen LogP contribution is 2.41. The molecule has 0 rings (SSSR count). The Bertz CT molecular complexity index is 240. The van der Waals surface area contributed by atoms with Gasteiger partial charge in [-0.15, -0.1) is 0 Å². The summed E-state index contributed by atoms with van der Waals surface area (Å²) in [6.07, 6.45) is -11.5. The average Bonchev–Trinajstić information content (AvgIpc) is 2.07. The minimum absolute atomic E-state index is 0.649. The summed E-state index contributed by atoms with van der Waals surface area (Å²) in [4.78, 5) is 10.4. The van der Waals surface area contributed by atoms with Crippen molar-refractivity contribution in [1.29, 1.82) is 0 Å². The number of hydrogen-bond donors (Lipinski definition) is 0. The number of hydrogen-bond acceptors (Lipinski definition) is 2. The van der Waals surface area contributed by atoms with Crippen molar-refractivity contribution in [3.63, 3.8) is 0 Å². The summed E-state index contributed by atoms with van der Waals surface area (Å²) >= 11 is 0. The SMILES string of the molecule is C=CC(=O)OCCC(C(F)(F)F)C(F)(F)F. The second-order valence-electron chi connectivity index (χ2n) is 2.80. The quantitative estimate of drug-likeness (QED) is 0.435. The lowest BCUT2D eigenvalue weighted by molar-refractivity contribution is -0.287. The number of alkyl halides is 6. The van der Waals surface area contributed by atoms with E-state index in [1.165, 1.54) is 0 Å². The predicted octanol–water partition coefficient (Wildman–Crippen LogP) is 2.85. The number of halogens is 6. The van der Waals surface area contributed by atoms with Crippen LogP contribution in [0.3, 0.4) is 0 Å². The third-order valence-corrected chi connectivity index (χ3v) is 1.61. The van der Waals surface area contributed by atoms with E-state index in [9.17, 15) is 31.1 Å². The van der Waals surface area contributed by atoms with E-state index in [0.29, 0.717) is 6.08 Å². The Morgan fingerprint density at radius 2 is 1.62 bits per heavy atom. The minimum Gasteiger partial charge on any atom is -0.463 e. The molecule has 0 saturated carbocycles. The van der Waals surface area contributed by atoms with Crippen LogP contribution < -0.4 is 0 Å². The van der Waals surface area contributed by atoms with E-state index < -0.39 is 37.3 Å². The van der Waals surface area contributed by atoms with Crippen LogP contribution in [0.5, 0.6) is 0 Å². The van der Waals surface area contributed by atoms with Gasteiger partial charge in [-0.1, -0.05) is 6.58 Å². The van der Waals surface area contributed by atoms with Crippen LogP contribution in [0, 0.1) is 5.92 Å². The molecule has 0 bridgehead atoms. The first-order valence-electron chi connectivity index (χ1n) is 4.01. The Balaban J connectivity index is 4.37. The largest absolute Gasteiger partial charge is 0.463 e. The third-order valence-electron chi connectivity index (χ3n) is 1.61. The van der Waals surface area contributed by atoms with Crippen molar-refractivity contribution in [2.75, 3.05) is 6.61 Å². The van der Waals surface area contributed by atoms with Gasteiger partial charge in [0.15, 0.2) is 5.92 Å². The molecule has 0 heterocycles. The lowest BCUT2D eigenvalue weighted by atomic mass is 10.1. The zero-order chi connectivity index (χ0) is 13.0. The van der Waals surface area contributed by atoms with Crippen molar-refractivity contribution in [2.24, 2.45) is 5.92 Å². The van der Waals surface area contributed by atoms with E-state index in [2.05, 4.69) is 11.3 Å². The molecule has 0 aliphatic heterocycles. The Kier molecular flexibility index (Phi) is 4.82. The van der Waals surface area contributed by atoms with Crippen LogP contribution in [-0.4, -0.2) is 24.9 Å². The van der Waals surface area contributed by atoms with Gasteiger partial charge in [0.25, 0.3) is 0 Å². The fourth-order valence-electron chi connectivity index (χ4n) is 0.849. The molecule has 0 unspecified atom stereocenters. The summed E-state index contributed by atoms with van der Waals surface area (Å²) in [5.41, 5.74) is 0. The zero-order valence-corrected chi connectivity index (χ0v) is 7.86. The molecular formula is C8H8F6O2. The zero-order valence-electron chi connectivity index (χ0n) is 7.86. The standard InChI is InChI=1S/C8H8F6O2/c1-2-6(15)16-4-3-5(7(9,10)11)8(12,13)14/h2,5H,1,3-4H2. The van der Waals surface area contributed by atoms with Gasteiger partial charge in [-0.2, -0.15) is 26.3 Å². The Hall–Kier alpha value is -1.21. The van der Waals surface area contributed by atoms with E-state index >= 15 is 0 Å². The highest BCUT2D eigenvalue weighted by atomic mass is 19.4. The summed E-state index contributed by atoms with van der Waals surface area (Å²) in [7, 11) is 0. The number of rotatable bonds is 4. The minimum atomic E-state index is -5.40. The summed E-state index contributed by atoms with van der Waals surface area (Å²) in [6, 6.07) is 0. The van der Waals surface area contributed by atoms with Gasteiger partial charge in [0.1, 0.15) is 0 Å². The van der Waals surface area contributed by atoms with E-state index in [4.69, 9.17) is 0 Å². The molecule has 0 aliphatic rings. The van der Waals surface area contributed by atoms with Gasteiger partial charge in [0, 0.05) is 12.5 Å². The Morgan fingerprint density at radius 3 is 1.94 bits per heavy atom. The summed E-state index contributed by atoms with van der Waals surface area (Å²) in [5.74, 6) is -4.55. The van der Waals surface area contributed by atoms with Gasteiger partial charge in [-0.3, -0.25) is 0 Å². The van der Waals surface area contributed by atoms with E-state index in [0.717, 1.165) is 0 Å². The smallest absolute Gasteiger partial charge is 0.400 e. The van der Waals surface area contributed by atoms with E-state index in [1.54, 1.807) is 0 Å². The fraction of sp³-hybridized carbons (Fsp3) is 0.625. The van der Waals surface area contributed by atoms with Gasteiger partial charge in [0.05, 0.1) is 6.61 Å². The van der Waals surface area contributed by atoms with Crippen molar-refractivity contribution < 1.29 is 35.9 Å². The van der Waals surface area contributed by atoms with Crippen molar-refractivity contribution in [1.82, 2.24) is 0 Å². The van der Waals surface area contributed by atoms with Crippen molar-refractivity contribution in [2.45, 2.75) is 18.8 Å². The summed E-state index contributed by atoms with van der Waals surface area (Å²) in [5, 5.41) is 0. The van der Waals surface area contributed by atoms with Crippen LogP contribution in [0.4, 0.5) is 26.3 Å². The van der Waals surface area contributed by atoms with Gasteiger partial charge < -0.3 is 4.74 Å². The first kappa shape index (κ1) is 14.8. The monoisotopic (exact) mass is 250 g/mol. The molecule has 0 atom stereocenters. The van der Waals surface area contributed by atoms with Gasteiger partial charge in [0.2, 0.25) is 0 Å². The van der Waals surface area contributed by atoms with Gasteiger partial charge in [-0.25, -0.2) is 4.79 Å². The van der Waals surface area contributed by atoms with Gasteiger partial charge >= 0.3 is 18.3 Å². The molecule has 0 aromatic carbocycles. The highest BCUT2D eigenvalue weighted by Gasteiger charge is 2.56. The fourth-order valence-corrected chi connectivity index (χ4v) is 0.849. The number of ether oxygens (including phenoxy) is 1. The molecule has 0 amide bonds. The molecule has 0 N–H and O–H groups in total. The maximum atomic E-state index is 11.9. The molecule has 0 radical (unpaired) electrons. The first-order valence-corrected chi connectivity index (χ1v) is 4.01. The van der Waals surface area contributed by atoms with Gasteiger partial charge in [-0.05, 0) is 0 Å². The number of carbonyl (C=O) groups excluding carboxylic acids is 1. The summed E-state index contributed by atoms with van der Waals surface area (Å²) < 4.78 is 75.7. The third kappa shape index (κ3) is 5.04. The molecule has 0 spiro atoms. The van der Waals surface area contributed by atoms with Crippen LogP contribution >= 0.6 is 0 Å². The van der Waals surface area contributed by atoms with Crippen LogP contribution in [0.1, 0.15) is 6.42 Å². The molecule has 0 saturated heterocycles. The number of carbonyl (C=O) groups is 1. The normalized spacial score (nSPS) is 12.7. The van der Waals surface area contributed by atoms with Crippen LogP contribution in [0.15, 0.2) is 12.7 Å². The summed E-state index contributed by atoms with van der Waals surface area (Å²) in [6.45, 7) is 1.97. The second kappa shape index (κ2) is 5.22. The predicted molar refractivity (Wildman–Crippen MR) is 41.4 cm³/mol. The Morgan fingerprint density at radius 1 is 1.19 bits per heavy atom. The van der Waals surface area contributed by atoms with Crippen molar-refractivity contribution in [3.8, 4) is 0 Å². The molecule has 2 nitrogen and oxygen atoms in total. The van der Waals surface area contributed by atoms with Crippen molar-refractivity contribution in [3.05, 3.63) is 12.7 Å². The molecule has 0 aromatic heterocycles. The average molecular weight is 250 g/mol. The number of esters is 1. The van der Waals surface area contributed by atoms with E-state index in [-0.39, 0.29) is 0 Å². The molecule has 8 heteroatoms. The molecule has 0 aromatic rings. The molecule has 0 fully saturated rings. The molecule has 94 valence electrons. The molecular weight excluding hydrogens is 242 g/mol. The van der Waals surface area contributed by atoms with Crippen LogP contribution in [-0.2, 0) is 9.53 Å². The maximum Gasteiger partial charge on any atom is 0.400 e. The van der Waals surface area contributed by atoms with Crippen LogP contribution in [0.2, 0.25) is 0 Å². The lowest BCUT2D eigenvalue weighted by Gasteiger charge is -2.22. The molecule has 16 heavy (non-hydrogen) atoms. The van der Waals surface area contributed by atoms with Crippen molar-refractivity contribution >= 4 is 5.97 Å². The highest BCUT2D eigenvalue weighted by molar-refractivity contribution is 5.81. The Labute approximate surface area is 86.9 Å². The maximum absolute atomic E-state index is 11.9. The topological polar surface area (TPSA) is 26.3 Å². The lowest BCUT2D eigenvalue weighted by Crippen LogP contribution is -2.37. The molecule has 0 aliphatic carbocycles. The van der Waals surface area contributed by atoms with E-state index in [1.807, 2.05) is 0 Å². The van der Waals surface area contributed by atoms with Crippen LogP contribution in [0.25, 0.3) is 0 Å². The first-order chi connectivity index (χ1) is 7.09.